The summed E-state index contributed by atoms with van der Waals surface area (Å²) >= 11 is 0. The van der Waals surface area contributed by atoms with Gasteiger partial charge in [-0.05, 0) is 6.42 Å². The lowest BCUT2D eigenvalue weighted by Gasteiger charge is -2.17. The first-order chi connectivity index (χ1) is 8.35. The molecular weight excluding hydrogens is 212 g/mol. The Hall–Kier alpha value is -1.68. The average molecular weight is 230 g/mol. The van der Waals surface area contributed by atoms with Crippen molar-refractivity contribution in [1.29, 1.82) is 0 Å². The van der Waals surface area contributed by atoms with Gasteiger partial charge < -0.3 is 11.1 Å². The Morgan fingerprint density at radius 1 is 1.35 bits per heavy atom. The van der Waals surface area contributed by atoms with Crippen molar-refractivity contribution in [2.24, 2.45) is 5.73 Å². The molecule has 0 saturated heterocycles. The Balaban J connectivity index is 2.28. The van der Waals surface area contributed by atoms with Crippen LogP contribution in [0.5, 0.6) is 0 Å². The van der Waals surface area contributed by atoms with E-state index in [0.717, 1.165) is 29.4 Å². The van der Waals surface area contributed by atoms with Crippen molar-refractivity contribution in [2.45, 2.75) is 25.8 Å². The number of nitrogens with one attached hydrogen (secondary N) is 1. The van der Waals surface area contributed by atoms with Crippen molar-refractivity contribution in [3.05, 3.63) is 30.5 Å². The van der Waals surface area contributed by atoms with Gasteiger partial charge in [-0.2, -0.15) is 5.10 Å². The van der Waals surface area contributed by atoms with Gasteiger partial charge in [-0.25, -0.2) is 0 Å². The molecule has 0 bridgehead atoms. The highest BCUT2D eigenvalue weighted by molar-refractivity contribution is 5.90. The maximum Gasteiger partial charge on any atom is 0.156 e. The fourth-order valence-electron chi connectivity index (χ4n) is 1.93. The SMILES string of the molecule is CCCC(CN)Nc1nncc2ccccc12. The number of rotatable bonds is 5. The third-order valence-electron chi connectivity index (χ3n) is 2.83. The van der Waals surface area contributed by atoms with Crippen LogP contribution in [0.2, 0.25) is 0 Å². The highest BCUT2D eigenvalue weighted by Gasteiger charge is 2.08. The molecule has 0 spiro atoms. The summed E-state index contributed by atoms with van der Waals surface area (Å²) in [5.74, 6) is 0.826. The molecule has 3 N–H and O–H groups in total. The molecule has 0 fully saturated rings. The summed E-state index contributed by atoms with van der Waals surface area (Å²) in [7, 11) is 0. The zero-order chi connectivity index (χ0) is 12.1. The molecule has 0 radical (unpaired) electrons. The molecule has 0 aliphatic rings. The van der Waals surface area contributed by atoms with Crippen molar-refractivity contribution in [2.75, 3.05) is 11.9 Å². The number of hydrogen-bond donors (Lipinski definition) is 2. The van der Waals surface area contributed by atoms with Gasteiger partial charge in [0, 0.05) is 23.4 Å². The van der Waals surface area contributed by atoms with E-state index in [1.165, 1.54) is 0 Å². The number of fused-ring (bicyclic) bond motifs is 1. The molecule has 1 heterocycles. The van der Waals surface area contributed by atoms with Crippen LogP contribution in [-0.4, -0.2) is 22.8 Å². The van der Waals surface area contributed by atoms with Gasteiger partial charge in [-0.3, -0.25) is 0 Å². The minimum atomic E-state index is 0.264. The van der Waals surface area contributed by atoms with E-state index in [0.29, 0.717) is 6.54 Å². The largest absolute Gasteiger partial charge is 0.364 e. The van der Waals surface area contributed by atoms with Gasteiger partial charge in [0.15, 0.2) is 5.82 Å². The summed E-state index contributed by atoms with van der Waals surface area (Å²) in [5, 5.41) is 13.7. The molecule has 2 rings (SSSR count). The standard InChI is InChI=1S/C13H18N4/c1-2-5-11(8-14)16-13-12-7-4-3-6-10(12)9-15-17-13/h3-4,6-7,9,11H,2,5,8,14H2,1H3,(H,16,17). The number of nitrogens with zero attached hydrogens (tertiary/aromatic N) is 2. The summed E-state index contributed by atoms with van der Waals surface area (Å²) < 4.78 is 0. The molecule has 0 aliphatic carbocycles. The molecule has 0 aliphatic heterocycles. The maximum absolute atomic E-state index is 5.74. The highest BCUT2D eigenvalue weighted by Crippen LogP contribution is 2.20. The van der Waals surface area contributed by atoms with E-state index in [1.54, 1.807) is 6.20 Å². The summed E-state index contributed by atoms with van der Waals surface area (Å²) in [6.45, 7) is 2.76. The second-order valence-electron chi connectivity index (χ2n) is 4.15. The zero-order valence-electron chi connectivity index (χ0n) is 10.1. The van der Waals surface area contributed by atoms with E-state index in [1.807, 2.05) is 24.3 Å². The summed E-state index contributed by atoms with van der Waals surface area (Å²) in [4.78, 5) is 0. The van der Waals surface area contributed by atoms with Gasteiger partial charge in [0.2, 0.25) is 0 Å². The van der Waals surface area contributed by atoms with Crippen LogP contribution >= 0.6 is 0 Å². The van der Waals surface area contributed by atoms with Crippen molar-refractivity contribution >= 4 is 16.6 Å². The summed E-state index contributed by atoms with van der Waals surface area (Å²) in [6.07, 6.45) is 3.92. The number of benzene rings is 1. The van der Waals surface area contributed by atoms with Crippen molar-refractivity contribution < 1.29 is 0 Å². The first kappa shape index (κ1) is 11.8. The van der Waals surface area contributed by atoms with E-state index in [4.69, 9.17) is 5.73 Å². The predicted molar refractivity (Wildman–Crippen MR) is 70.9 cm³/mol. The van der Waals surface area contributed by atoms with E-state index in [-0.39, 0.29) is 6.04 Å². The van der Waals surface area contributed by atoms with Crippen LogP contribution in [-0.2, 0) is 0 Å². The van der Waals surface area contributed by atoms with Crippen LogP contribution in [0.15, 0.2) is 30.5 Å². The highest BCUT2D eigenvalue weighted by atomic mass is 15.2. The van der Waals surface area contributed by atoms with E-state index < -0.39 is 0 Å². The molecular formula is C13H18N4. The average Bonchev–Trinajstić information content (AvgIpc) is 2.38. The molecule has 0 saturated carbocycles. The van der Waals surface area contributed by atoms with Crippen LogP contribution < -0.4 is 11.1 Å². The quantitative estimate of drug-likeness (QED) is 0.826. The Labute approximate surface area is 101 Å². The number of anilines is 1. The Morgan fingerprint density at radius 3 is 2.94 bits per heavy atom. The van der Waals surface area contributed by atoms with Crippen molar-refractivity contribution in [3.63, 3.8) is 0 Å². The molecule has 4 nitrogen and oxygen atoms in total. The molecule has 90 valence electrons. The van der Waals surface area contributed by atoms with Crippen LogP contribution in [0.1, 0.15) is 19.8 Å². The van der Waals surface area contributed by atoms with Crippen LogP contribution in [0.25, 0.3) is 10.8 Å². The molecule has 17 heavy (non-hydrogen) atoms. The van der Waals surface area contributed by atoms with Gasteiger partial charge in [-0.15, -0.1) is 5.10 Å². The van der Waals surface area contributed by atoms with Crippen LogP contribution in [0.4, 0.5) is 5.82 Å². The minimum Gasteiger partial charge on any atom is -0.364 e. The monoisotopic (exact) mass is 230 g/mol. The molecule has 0 amide bonds. The Morgan fingerprint density at radius 2 is 2.18 bits per heavy atom. The van der Waals surface area contributed by atoms with E-state index in [2.05, 4.69) is 22.4 Å². The lowest BCUT2D eigenvalue weighted by Crippen LogP contribution is -2.29. The van der Waals surface area contributed by atoms with Gasteiger partial charge in [0.05, 0.1) is 6.20 Å². The molecule has 1 aromatic heterocycles. The fraction of sp³-hybridized carbons (Fsp3) is 0.385. The summed E-state index contributed by atoms with van der Waals surface area (Å²) in [5.41, 5.74) is 5.74. The molecule has 2 aromatic rings. The smallest absolute Gasteiger partial charge is 0.156 e. The van der Waals surface area contributed by atoms with Gasteiger partial charge in [-0.1, -0.05) is 37.6 Å². The first-order valence-electron chi connectivity index (χ1n) is 6.02. The van der Waals surface area contributed by atoms with Crippen LogP contribution in [0, 0.1) is 0 Å². The topological polar surface area (TPSA) is 63.8 Å². The van der Waals surface area contributed by atoms with Crippen molar-refractivity contribution in [1.82, 2.24) is 10.2 Å². The molecule has 1 atom stereocenters. The number of aromatic nitrogens is 2. The van der Waals surface area contributed by atoms with Crippen molar-refractivity contribution in [3.8, 4) is 0 Å². The van der Waals surface area contributed by atoms with Gasteiger partial charge in [0.1, 0.15) is 0 Å². The number of hydrogen-bond acceptors (Lipinski definition) is 4. The molecule has 4 heteroatoms. The van der Waals surface area contributed by atoms with Crippen LogP contribution in [0.3, 0.4) is 0 Å². The van der Waals surface area contributed by atoms with Gasteiger partial charge in [0.25, 0.3) is 0 Å². The third kappa shape index (κ3) is 2.71. The fourth-order valence-corrected chi connectivity index (χ4v) is 1.93. The minimum absolute atomic E-state index is 0.264. The number of nitrogens with two attached hydrogens (primary N) is 1. The normalized spacial score (nSPS) is 12.6. The summed E-state index contributed by atoms with van der Waals surface area (Å²) in [6, 6.07) is 8.35. The second-order valence-corrected chi connectivity index (χ2v) is 4.15. The molecule has 1 unspecified atom stereocenters. The zero-order valence-corrected chi connectivity index (χ0v) is 10.1. The lowest BCUT2D eigenvalue weighted by atomic mass is 10.1. The third-order valence-corrected chi connectivity index (χ3v) is 2.83. The lowest BCUT2D eigenvalue weighted by molar-refractivity contribution is 0.645. The predicted octanol–water partition coefficient (Wildman–Crippen LogP) is 2.17. The van der Waals surface area contributed by atoms with E-state index >= 15 is 0 Å². The second kappa shape index (κ2) is 5.59. The maximum atomic E-state index is 5.74. The Kier molecular flexibility index (Phi) is 3.88. The Bertz CT molecular complexity index is 478. The first-order valence-corrected chi connectivity index (χ1v) is 6.02. The van der Waals surface area contributed by atoms with E-state index in [9.17, 15) is 0 Å². The molecule has 1 aromatic carbocycles. The van der Waals surface area contributed by atoms with Gasteiger partial charge >= 0.3 is 0 Å².